The highest BCUT2D eigenvalue weighted by atomic mass is 16.5. The Bertz CT molecular complexity index is 1350. The van der Waals surface area contributed by atoms with Crippen molar-refractivity contribution in [3.05, 3.63) is 83.7 Å². The molecule has 1 N–H and O–H groups in total. The number of aryl methyl sites for hydroxylation is 1. The van der Waals surface area contributed by atoms with Crippen LogP contribution in [0, 0.1) is 6.92 Å². The molecule has 0 unspecified atom stereocenters. The molecule has 0 aliphatic carbocycles. The van der Waals surface area contributed by atoms with E-state index in [-0.39, 0.29) is 24.8 Å². The number of nitrogens with zero attached hydrogens (tertiary/aromatic N) is 4. The summed E-state index contributed by atoms with van der Waals surface area (Å²) in [5.41, 5.74) is 3.06. The summed E-state index contributed by atoms with van der Waals surface area (Å²) >= 11 is 0. The molecule has 0 saturated carbocycles. The van der Waals surface area contributed by atoms with Crippen molar-refractivity contribution in [2.45, 2.75) is 19.9 Å². The lowest BCUT2D eigenvalue weighted by atomic mass is 10.0. The molecule has 5 rings (SSSR count). The molecule has 8 nitrogen and oxygen atoms in total. The molecule has 1 aliphatic heterocycles. The number of hydrogen-bond donors (Lipinski definition) is 1. The fraction of sp³-hybridized carbons (Fsp3) is 0.286. The first-order chi connectivity index (χ1) is 17.5. The first kappa shape index (κ1) is 23.7. The normalized spacial score (nSPS) is 14.2. The molecule has 1 saturated heterocycles. The van der Waals surface area contributed by atoms with E-state index in [0.29, 0.717) is 44.4 Å². The first-order valence-electron chi connectivity index (χ1n) is 12.2. The van der Waals surface area contributed by atoms with Crippen LogP contribution < -0.4 is 5.32 Å². The number of benzene rings is 3. The summed E-state index contributed by atoms with van der Waals surface area (Å²) < 4.78 is 5.44. The summed E-state index contributed by atoms with van der Waals surface area (Å²) in [6, 6.07) is 21.9. The Balaban J connectivity index is 1.07. The molecule has 0 spiro atoms. The number of aromatic nitrogens is 2. The van der Waals surface area contributed by atoms with Gasteiger partial charge in [-0.25, -0.2) is 0 Å². The molecule has 4 aromatic rings. The van der Waals surface area contributed by atoms with Gasteiger partial charge in [0.2, 0.25) is 23.5 Å². The van der Waals surface area contributed by atoms with E-state index in [1.54, 1.807) is 4.90 Å². The maximum Gasteiger partial charge on any atom is 0.242 e. The van der Waals surface area contributed by atoms with Crippen molar-refractivity contribution in [1.82, 2.24) is 25.3 Å². The summed E-state index contributed by atoms with van der Waals surface area (Å²) in [6.07, 6.45) is 0.247. The highest BCUT2D eigenvalue weighted by molar-refractivity contribution is 5.91. The predicted octanol–water partition coefficient (Wildman–Crippen LogP) is 3.20. The van der Waals surface area contributed by atoms with Crippen LogP contribution in [0.4, 0.5) is 0 Å². The number of hydrogen-bond acceptors (Lipinski definition) is 6. The van der Waals surface area contributed by atoms with Crippen LogP contribution in [0.5, 0.6) is 0 Å². The third-order valence-electron chi connectivity index (χ3n) is 6.53. The SMILES string of the molecule is Cc1ccc(-c2noc(CN3CCN(C(=O)CNC(=O)Cc4cccc5ccccc45)CC3)n2)cc1. The molecule has 1 aromatic heterocycles. The Hall–Kier alpha value is -4.04. The maximum atomic E-state index is 12.7. The number of rotatable bonds is 7. The van der Waals surface area contributed by atoms with Gasteiger partial charge in [-0.15, -0.1) is 0 Å². The van der Waals surface area contributed by atoms with Gasteiger partial charge in [-0.1, -0.05) is 77.5 Å². The van der Waals surface area contributed by atoms with Gasteiger partial charge in [0.1, 0.15) is 0 Å². The summed E-state index contributed by atoms with van der Waals surface area (Å²) in [4.78, 5) is 33.7. The summed E-state index contributed by atoms with van der Waals surface area (Å²) in [6.45, 7) is 5.19. The van der Waals surface area contributed by atoms with Crippen LogP contribution in [-0.4, -0.2) is 64.5 Å². The molecule has 2 heterocycles. The van der Waals surface area contributed by atoms with Crippen LogP contribution in [-0.2, 0) is 22.6 Å². The van der Waals surface area contributed by atoms with Crippen molar-refractivity contribution in [2.75, 3.05) is 32.7 Å². The largest absolute Gasteiger partial charge is 0.347 e. The van der Waals surface area contributed by atoms with Crippen molar-refractivity contribution >= 4 is 22.6 Å². The third-order valence-corrected chi connectivity index (χ3v) is 6.53. The Morgan fingerprint density at radius 1 is 0.944 bits per heavy atom. The van der Waals surface area contributed by atoms with Gasteiger partial charge in [0, 0.05) is 31.7 Å². The van der Waals surface area contributed by atoms with Crippen LogP contribution in [0.3, 0.4) is 0 Å². The minimum absolute atomic E-state index is 0.00711. The third kappa shape index (κ3) is 5.60. The van der Waals surface area contributed by atoms with Gasteiger partial charge in [0.05, 0.1) is 19.5 Å². The molecule has 1 aliphatic rings. The van der Waals surface area contributed by atoms with Gasteiger partial charge in [0.25, 0.3) is 0 Å². The number of carbonyl (C=O) groups is 2. The topological polar surface area (TPSA) is 91.6 Å². The molecule has 0 atom stereocenters. The molecule has 2 amide bonds. The lowest BCUT2D eigenvalue weighted by molar-refractivity contribution is -0.134. The Morgan fingerprint density at radius 2 is 1.69 bits per heavy atom. The fourth-order valence-electron chi connectivity index (χ4n) is 4.45. The van der Waals surface area contributed by atoms with Crippen LogP contribution in [0.1, 0.15) is 17.0 Å². The quantitative estimate of drug-likeness (QED) is 0.434. The molecule has 0 radical (unpaired) electrons. The van der Waals surface area contributed by atoms with Crippen LogP contribution >= 0.6 is 0 Å². The molecular formula is C28H29N5O3. The first-order valence-corrected chi connectivity index (χ1v) is 12.2. The Kier molecular flexibility index (Phi) is 7.04. The molecule has 1 fully saturated rings. The van der Waals surface area contributed by atoms with Crippen molar-refractivity contribution in [2.24, 2.45) is 0 Å². The van der Waals surface area contributed by atoms with Gasteiger partial charge in [-0.3, -0.25) is 14.5 Å². The zero-order valence-electron chi connectivity index (χ0n) is 20.3. The Morgan fingerprint density at radius 3 is 2.50 bits per heavy atom. The molecular weight excluding hydrogens is 454 g/mol. The highest BCUT2D eigenvalue weighted by Gasteiger charge is 2.23. The molecule has 36 heavy (non-hydrogen) atoms. The maximum absolute atomic E-state index is 12.7. The Labute approximate surface area is 209 Å². The average molecular weight is 484 g/mol. The van der Waals surface area contributed by atoms with E-state index in [1.807, 2.05) is 73.7 Å². The van der Waals surface area contributed by atoms with Crippen LogP contribution in [0.25, 0.3) is 22.2 Å². The van der Waals surface area contributed by atoms with Crippen LogP contribution in [0.15, 0.2) is 71.3 Å². The standard InChI is InChI=1S/C28H29N5O3/c1-20-9-11-22(12-10-20)28-30-26(36-31-28)19-32-13-15-33(16-14-32)27(35)18-29-25(34)17-23-7-4-6-21-5-2-3-8-24(21)23/h2-12H,13-19H2,1H3,(H,29,34). The monoisotopic (exact) mass is 483 g/mol. The van der Waals surface area contributed by atoms with Gasteiger partial charge >= 0.3 is 0 Å². The summed E-state index contributed by atoms with van der Waals surface area (Å²) in [7, 11) is 0. The van der Waals surface area contributed by atoms with Crippen molar-refractivity contribution in [3.63, 3.8) is 0 Å². The van der Waals surface area contributed by atoms with Crippen molar-refractivity contribution in [1.29, 1.82) is 0 Å². The molecule has 184 valence electrons. The lowest BCUT2D eigenvalue weighted by Crippen LogP contribution is -2.51. The van der Waals surface area contributed by atoms with Gasteiger partial charge in [-0.05, 0) is 23.3 Å². The van der Waals surface area contributed by atoms with Gasteiger partial charge in [-0.2, -0.15) is 4.98 Å². The van der Waals surface area contributed by atoms with E-state index in [0.717, 1.165) is 21.9 Å². The van der Waals surface area contributed by atoms with E-state index < -0.39 is 0 Å². The second kappa shape index (κ2) is 10.7. The van der Waals surface area contributed by atoms with E-state index in [2.05, 4.69) is 20.4 Å². The number of nitrogens with one attached hydrogen (secondary N) is 1. The van der Waals surface area contributed by atoms with Crippen LogP contribution in [0.2, 0.25) is 0 Å². The fourth-order valence-corrected chi connectivity index (χ4v) is 4.45. The summed E-state index contributed by atoms with van der Waals surface area (Å²) in [5.74, 6) is 0.920. The number of fused-ring (bicyclic) bond motifs is 1. The van der Waals surface area contributed by atoms with E-state index in [4.69, 9.17) is 4.52 Å². The van der Waals surface area contributed by atoms with Crippen molar-refractivity contribution in [3.8, 4) is 11.4 Å². The summed E-state index contributed by atoms with van der Waals surface area (Å²) in [5, 5.41) is 9.04. The van der Waals surface area contributed by atoms with E-state index >= 15 is 0 Å². The minimum Gasteiger partial charge on any atom is -0.347 e. The minimum atomic E-state index is -0.154. The molecule has 3 aromatic carbocycles. The van der Waals surface area contributed by atoms with Gasteiger partial charge < -0.3 is 14.7 Å². The van der Waals surface area contributed by atoms with E-state index in [1.165, 1.54) is 5.56 Å². The zero-order valence-corrected chi connectivity index (χ0v) is 20.3. The van der Waals surface area contributed by atoms with E-state index in [9.17, 15) is 9.59 Å². The predicted molar refractivity (Wildman–Crippen MR) is 137 cm³/mol. The molecule has 0 bridgehead atoms. The second-order valence-corrected chi connectivity index (χ2v) is 9.13. The smallest absolute Gasteiger partial charge is 0.242 e. The molecule has 8 heteroatoms. The number of piperazine rings is 1. The highest BCUT2D eigenvalue weighted by Crippen LogP contribution is 2.19. The number of amides is 2. The number of carbonyl (C=O) groups excluding carboxylic acids is 2. The average Bonchev–Trinajstić information content (AvgIpc) is 3.37. The lowest BCUT2D eigenvalue weighted by Gasteiger charge is -2.34. The second-order valence-electron chi connectivity index (χ2n) is 9.13. The zero-order chi connectivity index (χ0) is 24.9. The van der Waals surface area contributed by atoms with Gasteiger partial charge in [0.15, 0.2) is 0 Å². The van der Waals surface area contributed by atoms with Crippen molar-refractivity contribution < 1.29 is 14.1 Å².